The van der Waals surface area contributed by atoms with Gasteiger partial charge in [0.05, 0.1) is 31.9 Å². The number of hydrogen-bond acceptors (Lipinski definition) is 6. The van der Waals surface area contributed by atoms with Crippen molar-refractivity contribution in [3.63, 3.8) is 0 Å². The van der Waals surface area contributed by atoms with Gasteiger partial charge in [0, 0.05) is 26.4 Å². The first-order valence-electron chi connectivity index (χ1n) is 9.49. The summed E-state index contributed by atoms with van der Waals surface area (Å²) in [6.45, 7) is 3.19. The van der Waals surface area contributed by atoms with Crippen LogP contribution in [-0.4, -0.2) is 78.1 Å². The van der Waals surface area contributed by atoms with E-state index in [2.05, 4.69) is 52.1 Å². The van der Waals surface area contributed by atoms with Crippen molar-refractivity contribution >= 4 is 29.5 Å². The number of hydrazine groups is 1. The SMILES string of the molecule is BC(B)(B)N1CCc2ccc(CN3C=C(C(=O)OC)C(COC)N3)cc2C1. The lowest BCUT2D eigenvalue weighted by Crippen LogP contribution is -2.52. The zero-order chi connectivity index (χ0) is 19.6. The fraction of sp³-hybridized carbons (Fsp3) is 0.500. The van der Waals surface area contributed by atoms with Gasteiger partial charge in [-0.1, -0.05) is 23.4 Å². The molecule has 0 amide bonds. The third-order valence-electron chi connectivity index (χ3n) is 5.33. The Labute approximate surface area is 164 Å². The van der Waals surface area contributed by atoms with Crippen LogP contribution >= 0.6 is 0 Å². The molecule has 3 rings (SSSR count). The number of nitrogens with one attached hydrogen (secondary N) is 1. The lowest BCUT2D eigenvalue weighted by Gasteiger charge is -2.40. The number of benzene rings is 1. The summed E-state index contributed by atoms with van der Waals surface area (Å²) >= 11 is 0. The molecule has 6 nitrogen and oxygen atoms in total. The molecule has 1 atom stereocenters. The summed E-state index contributed by atoms with van der Waals surface area (Å²) in [4.78, 5) is 14.5. The summed E-state index contributed by atoms with van der Waals surface area (Å²) in [5.74, 6) is -0.321. The van der Waals surface area contributed by atoms with Gasteiger partial charge in [0.15, 0.2) is 0 Å². The van der Waals surface area contributed by atoms with Crippen LogP contribution < -0.4 is 5.43 Å². The van der Waals surface area contributed by atoms with Crippen molar-refractivity contribution in [3.8, 4) is 0 Å². The van der Waals surface area contributed by atoms with Crippen LogP contribution in [0.15, 0.2) is 30.0 Å². The van der Waals surface area contributed by atoms with Crippen molar-refractivity contribution in [3.05, 3.63) is 46.7 Å². The minimum atomic E-state index is -0.321. The molecule has 0 spiro atoms. The van der Waals surface area contributed by atoms with Gasteiger partial charge >= 0.3 is 5.97 Å². The van der Waals surface area contributed by atoms with E-state index in [-0.39, 0.29) is 17.2 Å². The highest BCUT2D eigenvalue weighted by Gasteiger charge is 2.30. The minimum Gasteiger partial charge on any atom is -0.466 e. The second-order valence-corrected chi connectivity index (χ2v) is 8.29. The lowest BCUT2D eigenvalue weighted by atomic mass is 9.48. The first-order valence-corrected chi connectivity index (χ1v) is 9.49. The fourth-order valence-corrected chi connectivity index (χ4v) is 3.74. The van der Waals surface area contributed by atoms with Gasteiger partial charge in [-0.15, -0.1) is 0 Å². The van der Waals surface area contributed by atoms with E-state index >= 15 is 0 Å². The van der Waals surface area contributed by atoms with Crippen molar-refractivity contribution in [2.45, 2.75) is 30.8 Å². The van der Waals surface area contributed by atoms with Crippen LogP contribution in [0.1, 0.15) is 16.7 Å². The quantitative estimate of drug-likeness (QED) is 0.462. The summed E-state index contributed by atoms with van der Waals surface area (Å²) in [6.07, 6.45) is 2.92. The third-order valence-corrected chi connectivity index (χ3v) is 5.33. The van der Waals surface area contributed by atoms with Gasteiger partial charge in [0.25, 0.3) is 0 Å². The van der Waals surface area contributed by atoms with E-state index in [1.807, 2.05) is 11.2 Å². The highest BCUT2D eigenvalue weighted by atomic mass is 16.5. The van der Waals surface area contributed by atoms with Gasteiger partial charge in [0.2, 0.25) is 0 Å². The number of hydrogen-bond donors (Lipinski definition) is 1. The van der Waals surface area contributed by atoms with Crippen molar-refractivity contribution in [1.82, 2.24) is 15.3 Å². The largest absolute Gasteiger partial charge is 0.466 e. The molecule has 0 fully saturated rings. The average Bonchev–Trinajstić information content (AvgIpc) is 3.02. The van der Waals surface area contributed by atoms with E-state index in [0.717, 1.165) is 19.5 Å². The Hall–Kier alpha value is -1.70. The monoisotopic (exact) mass is 367 g/mol. The molecule has 142 valence electrons. The Balaban J connectivity index is 1.73. The first-order chi connectivity index (χ1) is 12.8. The molecule has 27 heavy (non-hydrogen) atoms. The molecule has 1 aromatic rings. The number of methoxy groups -OCH3 is 2. The van der Waals surface area contributed by atoms with Crippen LogP contribution in [0.5, 0.6) is 0 Å². The summed E-state index contributed by atoms with van der Waals surface area (Å²) in [5.41, 5.74) is 7.98. The Morgan fingerprint density at radius 2 is 2.07 bits per heavy atom. The number of carbonyl (C=O) groups excluding carboxylic acids is 1. The van der Waals surface area contributed by atoms with Crippen molar-refractivity contribution in [2.75, 3.05) is 27.4 Å². The van der Waals surface area contributed by atoms with Crippen LogP contribution in [-0.2, 0) is 33.8 Å². The topological polar surface area (TPSA) is 54.0 Å². The standard InChI is InChI=1S/C18H28B3N3O3/c1-26-11-16-15(17(25)27-2)10-24(22-16)8-12-3-4-13-5-6-23(18(19,20)21)9-14(13)7-12/h3-4,7,10,16,22H,5-6,8-9,11,19-21H2,1-2H3. The van der Waals surface area contributed by atoms with Crippen LogP contribution in [0, 0.1) is 0 Å². The Kier molecular flexibility index (Phi) is 6.03. The van der Waals surface area contributed by atoms with Gasteiger partial charge < -0.3 is 19.4 Å². The van der Waals surface area contributed by atoms with E-state index in [0.29, 0.717) is 18.7 Å². The number of fused-ring (bicyclic) bond motifs is 1. The van der Waals surface area contributed by atoms with Gasteiger partial charge in [-0.3, -0.25) is 0 Å². The minimum absolute atomic E-state index is 0.176. The van der Waals surface area contributed by atoms with E-state index in [4.69, 9.17) is 9.47 Å². The molecule has 1 aromatic carbocycles. The van der Waals surface area contributed by atoms with Gasteiger partial charge in [-0.25, -0.2) is 10.2 Å². The van der Waals surface area contributed by atoms with Crippen LogP contribution in [0.25, 0.3) is 0 Å². The average molecular weight is 367 g/mol. The molecule has 2 heterocycles. The Morgan fingerprint density at radius 3 is 2.74 bits per heavy atom. The Bertz CT molecular complexity index is 736. The maximum Gasteiger partial charge on any atom is 0.337 e. The van der Waals surface area contributed by atoms with Crippen molar-refractivity contribution < 1.29 is 14.3 Å². The van der Waals surface area contributed by atoms with E-state index < -0.39 is 0 Å². The summed E-state index contributed by atoms with van der Waals surface area (Å²) in [5, 5.41) is 2.12. The normalized spacial score (nSPS) is 20.3. The molecule has 0 bridgehead atoms. The molecule has 0 saturated heterocycles. The van der Waals surface area contributed by atoms with Gasteiger partial charge in [0.1, 0.15) is 23.5 Å². The molecule has 0 saturated carbocycles. The summed E-state index contributed by atoms with van der Waals surface area (Å²) in [7, 11) is 9.84. The van der Waals surface area contributed by atoms with Crippen LogP contribution in [0.2, 0.25) is 0 Å². The zero-order valence-electron chi connectivity index (χ0n) is 17.0. The molecule has 1 unspecified atom stereocenters. The predicted molar refractivity (Wildman–Crippen MR) is 113 cm³/mol. The smallest absolute Gasteiger partial charge is 0.337 e. The maximum absolute atomic E-state index is 12.0. The maximum atomic E-state index is 12.0. The molecule has 2 aliphatic rings. The number of carbonyl (C=O) groups is 1. The molecule has 0 aliphatic carbocycles. The van der Waals surface area contributed by atoms with Crippen LogP contribution in [0.3, 0.4) is 0 Å². The number of esters is 1. The van der Waals surface area contributed by atoms with Crippen molar-refractivity contribution in [2.24, 2.45) is 0 Å². The molecule has 0 radical (unpaired) electrons. The van der Waals surface area contributed by atoms with E-state index in [9.17, 15) is 4.79 Å². The van der Waals surface area contributed by atoms with Crippen LogP contribution in [0.4, 0.5) is 0 Å². The third kappa shape index (κ3) is 4.59. The number of ether oxygens (including phenoxy) is 2. The summed E-state index contributed by atoms with van der Waals surface area (Å²) in [6, 6.07) is 6.54. The zero-order valence-corrected chi connectivity index (χ0v) is 17.0. The molecule has 2 aliphatic heterocycles. The van der Waals surface area contributed by atoms with Gasteiger partial charge in [-0.05, 0) is 23.1 Å². The molecule has 0 aromatic heterocycles. The second kappa shape index (κ2) is 8.13. The fourth-order valence-electron chi connectivity index (χ4n) is 3.74. The molecule has 1 N–H and O–H groups in total. The Morgan fingerprint density at radius 1 is 1.30 bits per heavy atom. The predicted octanol–water partition coefficient (Wildman–Crippen LogP) is -2.05. The molecular weight excluding hydrogens is 339 g/mol. The highest BCUT2D eigenvalue weighted by Crippen LogP contribution is 2.24. The van der Waals surface area contributed by atoms with E-state index in [1.54, 1.807) is 7.11 Å². The highest BCUT2D eigenvalue weighted by molar-refractivity contribution is 6.59. The van der Waals surface area contributed by atoms with Crippen molar-refractivity contribution in [1.29, 1.82) is 0 Å². The molecule has 9 heteroatoms. The number of nitrogens with zero attached hydrogens (tertiary/aromatic N) is 2. The summed E-state index contributed by atoms with van der Waals surface area (Å²) < 4.78 is 10.1. The van der Waals surface area contributed by atoms with E-state index in [1.165, 1.54) is 23.8 Å². The second-order valence-electron chi connectivity index (χ2n) is 8.29. The lowest BCUT2D eigenvalue weighted by molar-refractivity contribution is -0.136. The number of rotatable bonds is 6. The van der Waals surface area contributed by atoms with Gasteiger partial charge in [-0.2, -0.15) is 0 Å². The molecular formula is C18H28B3N3O3. The first kappa shape index (κ1) is 20.0.